The van der Waals surface area contributed by atoms with Gasteiger partial charge in [0.25, 0.3) is 0 Å². The Morgan fingerprint density at radius 2 is 1.93 bits per heavy atom. The summed E-state index contributed by atoms with van der Waals surface area (Å²) in [5.41, 5.74) is 3.15. The van der Waals surface area contributed by atoms with Crippen LogP contribution in [0, 0.1) is 0 Å². The fourth-order valence-corrected chi connectivity index (χ4v) is 4.04. The highest BCUT2D eigenvalue weighted by Crippen LogP contribution is 2.31. The summed E-state index contributed by atoms with van der Waals surface area (Å²) in [6, 6.07) is 6.43. The summed E-state index contributed by atoms with van der Waals surface area (Å²) < 4.78 is 2.26. The number of nitrogens with one attached hydrogen (secondary N) is 2. The Bertz CT molecular complexity index is 1160. The summed E-state index contributed by atoms with van der Waals surface area (Å²) in [4.78, 5) is 20.6. The average Bonchev–Trinajstić information content (AvgIpc) is 3.13. The molecule has 0 amide bonds. The van der Waals surface area contributed by atoms with E-state index >= 15 is 0 Å². The third-order valence-corrected chi connectivity index (χ3v) is 5.85. The van der Waals surface area contributed by atoms with Crippen LogP contribution in [0.3, 0.4) is 0 Å². The highest BCUT2D eigenvalue weighted by Gasteiger charge is 2.17. The monoisotopic (exact) mass is 402 g/mol. The summed E-state index contributed by atoms with van der Waals surface area (Å²) in [5, 5.41) is 8.81. The first-order chi connectivity index (χ1) is 14.7. The first kappa shape index (κ1) is 18.7. The molecule has 1 aliphatic rings. The zero-order valence-corrected chi connectivity index (χ0v) is 17.3. The Morgan fingerprint density at radius 3 is 2.70 bits per heavy atom. The topological polar surface area (TPSA) is 83.8 Å². The van der Waals surface area contributed by atoms with Crippen molar-refractivity contribution in [2.24, 2.45) is 0 Å². The van der Waals surface area contributed by atoms with Crippen molar-refractivity contribution in [3.05, 3.63) is 43.0 Å². The van der Waals surface area contributed by atoms with Crippen molar-refractivity contribution in [2.75, 3.05) is 36.4 Å². The summed E-state index contributed by atoms with van der Waals surface area (Å²) in [5.74, 6) is 1.28. The molecule has 0 spiro atoms. The Labute approximate surface area is 175 Å². The summed E-state index contributed by atoms with van der Waals surface area (Å²) in [7, 11) is 0. The molecule has 1 aliphatic heterocycles. The zero-order valence-electron chi connectivity index (χ0n) is 17.3. The number of hydrogen-bond acceptors (Lipinski definition) is 7. The lowest BCUT2D eigenvalue weighted by atomic mass is 10.2. The van der Waals surface area contributed by atoms with Gasteiger partial charge in [-0.25, -0.2) is 9.97 Å². The molecule has 0 aromatic carbocycles. The number of aromatic nitrogens is 5. The Hall–Kier alpha value is -3.26. The van der Waals surface area contributed by atoms with Crippen molar-refractivity contribution < 1.29 is 0 Å². The lowest BCUT2D eigenvalue weighted by molar-refractivity contribution is 0.559. The van der Waals surface area contributed by atoms with Gasteiger partial charge in [0.15, 0.2) is 0 Å². The van der Waals surface area contributed by atoms with E-state index in [1.165, 1.54) is 0 Å². The molecule has 154 valence electrons. The zero-order chi connectivity index (χ0) is 20.5. The van der Waals surface area contributed by atoms with E-state index < -0.39 is 0 Å². The molecule has 1 fully saturated rings. The number of nitrogens with zero attached hydrogens (tertiary/aromatic N) is 6. The van der Waals surface area contributed by atoms with E-state index in [0.29, 0.717) is 12.0 Å². The van der Waals surface area contributed by atoms with Crippen LogP contribution < -0.4 is 15.5 Å². The number of piperazine rings is 1. The van der Waals surface area contributed by atoms with E-state index in [2.05, 4.69) is 55.0 Å². The van der Waals surface area contributed by atoms with Crippen molar-refractivity contribution in [2.45, 2.75) is 26.3 Å². The summed E-state index contributed by atoms with van der Waals surface area (Å²) in [6.07, 6.45) is 8.54. The maximum atomic E-state index is 4.84. The van der Waals surface area contributed by atoms with Gasteiger partial charge in [0.1, 0.15) is 11.5 Å². The molecule has 1 saturated heterocycles. The molecule has 0 aliphatic carbocycles. The van der Waals surface area contributed by atoms with Crippen LogP contribution in [0.1, 0.15) is 26.3 Å². The molecule has 4 aromatic heterocycles. The van der Waals surface area contributed by atoms with Gasteiger partial charge in [-0.3, -0.25) is 4.98 Å². The number of rotatable bonds is 5. The fourth-order valence-electron chi connectivity index (χ4n) is 4.04. The first-order valence-electron chi connectivity index (χ1n) is 10.5. The lowest BCUT2D eigenvalue weighted by Crippen LogP contribution is -2.43. The van der Waals surface area contributed by atoms with Gasteiger partial charge in [0.05, 0.1) is 23.6 Å². The van der Waals surface area contributed by atoms with E-state index in [4.69, 9.17) is 4.98 Å². The molecular formula is C22H26N8. The molecule has 0 saturated carbocycles. The van der Waals surface area contributed by atoms with E-state index in [1.54, 1.807) is 0 Å². The number of anilines is 3. The van der Waals surface area contributed by atoms with Gasteiger partial charge in [-0.2, -0.15) is 4.98 Å². The molecule has 1 atom stereocenters. The second kappa shape index (κ2) is 7.87. The summed E-state index contributed by atoms with van der Waals surface area (Å²) >= 11 is 0. The van der Waals surface area contributed by atoms with Gasteiger partial charge in [-0.15, -0.1) is 0 Å². The Morgan fingerprint density at radius 1 is 1.07 bits per heavy atom. The maximum absolute atomic E-state index is 4.84. The number of fused-ring (bicyclic) bond motifs is 3. The molecule has 4 aromatic rings. The molecule has 0 bridgehead atoms. The SMILES string of the molecule is CC[C@H](C)n1c2cnccc2c2cnc(Nc3ccc(N4CCNCC4)cn3)nc21. The molecule has 5 heterocycles. The van der Waals surface area contributed by atoms with Crippen LogP contribution in [0.25, 0.3) is 21.9 Å². The minimum Gasteiger partial charge on any atom is -0.368 e. The van der Waals surface area contributed by atoms with Crippen LogP contribution in [0.5, 0.6) is 0 Å². The predicted molar refractivity (Wildman–Crippen MR) is 120 cm³/mol. The van der Waals surface area contributed by atoms with E-state index in [-0.39, 0.29) is 0 Å². The van der Waals surface area contributed by atoms with Crippen molar-refractivity contribution in [1.82, 2.24) is 29.8 Å². The van der Waals surface area contributed by atoms with Gasteiger partial charge in [-0.1, -0.05) is 6.92 Å². The second-order valence-corrected chi connectivity index (χ2v) is 7.71. The molecule has 5 rings (SSSR count). The lowest BCUT2D eigenvalue weighted by Gasteiger charge is -2.29. The van der Waals surface area contributed by atoms with Gasteiger partial charge >= 0.3 is 0 Å². The minimum atomic E-state index is 0.313. The normalized spacial score (nSPS) is 15.6. The largest absolute Gasteiger partial charge is 0.368 e. The van der Waals surface area contributed by atoms with Gasteiger partial charge in [-0.05, 0) is 31.5 Å². The van der Waals surface area contributed by atoms with Gasteiger partial charge in [0, 0.05) is 55.4 Å². The van der Waals surface area contributed by atoms with Crippen LogP contribution in [-0.2, 0) is 0 Å². The van der Waals surface area contributed by atoms with Gasteiger partial charge in [0.2, 0.25) is 5.95 Å². The van der Waals surface area contributed by atoms with Crippen LogP contribution in [0.15, 0.2) is 43.0 Å². The standard InChI is InChI=1S/C22H26N8/c1-3-15(2)30-19-14-24-7-6-17(19)18-13-26-22(28-21(18)30)27-20-5-4-16(12-25-20)29-10-8-23-9-11-29/h4-7,12-15,23H,3,8-11H2,1-2H3,(H,25,26,27,28)/t15-/m0/s1. The maximum Gasteiger partial charge on any atom is 0.230 e. The number of pyridine rings is 2. The molecule has 2 N–H and O–H groups in total. The highest BCUT2D eigenvalue weighted by molar-refractivity contribution is 6.06. The second-order valence-electron chi connectivity index (χ2n) is 7.71. The molecule has 0 unspecified atom stereocenters. The van der Waals surface area contributed by atoms with Crippen LogP contribution in [-0.4, -0.2) is 50.7 Å². The Kier molecular flexibility index (Phi) is 4.92. The molecular weight excluding hydrogens is 376 g/mol. The van der Waals surface area contributed by atoms with E-state index in [0.717, 1.165) is 66.0 Å². The van der Waals surface area contributed by atoms with E-state index in [1.807, 2.05) is 36.9 Å². The van der Waals surface area contributed by atoms with Crippen molar-refractivity contribution in [3.8, 4) is 0 Å². The predicted octanol–water partition coefficient (Wildman–Crippen LogP) is 3.50. The van der Waals surface area contributed by atoms with Crippen LogP contribution in [0.4, 0.5) is 17.5 Å². The molecule has 8 nitrogen and oxygen atoms in total. The third kappa shape index (κ3) is 3.33. The minimum absolute atomic E-state index is 0.313. The molecule has 0 radical (unpaired) electrons. The van der Waals surface area contributed by atoms with Crippen molar-refractivity contribution >= 4 is 39.4 Å². The highest BCUT2D eigenvalue weighted by atomic mass is 15.2. The first-order valence-corrected chi connectivity index (χ1v) is 10.5. The fraction of sp³-hybridized carbons (Fsp3) is 0.364. The quantitative estimate of drug-likeness (QED) is 0.528. The smallest absolute Gasteiger partial charge is 0.230 e. The van der Waals surface area contributed by atoms with Crippen molar-refractivity contribution in [3.63, 3.8) is 0 Å². The van der Waals surface area contributed by atoms with Crippen LogP contribution >= 0.6 is 0 Å². The molecule has 30 heavy (non-hydrogen) atoms. The average molecular weight is 403 g/mol. The Balaban J connectivity index is 1.47. The van der Waals surface area contributed by atoms with Crippen molar-refractivity contribution in [1.29, 1.82) is 0 Å². The van der Waals surface area contributed by atoms with E-state index in [9.17, 15) is 0 Å². The third-order valence-electron chi connectivity index (χ3n) is 5.85. The number of hydrogen-bond donors (Lipinski definition) is 2. The molecule has 8 heteroatoms. The van der Waals surface area contributed by atoms with Crippen LogP contribution in [0.2, 0.25) is 0 Å². The van der Waals surface area contributed by atoms with Gasteiger partial charge < -0.3 is 20.1 Å². The summed E-state index contributed by atoms with van der Waals surface area (Å²) in [6.45, 7) is 8.41.